The molecule has 1 rings (SSSR count). The molecule has 0 unspecified atom stereocenters. The van der Waals surface area contributed by atoms with Gasteiger partial charge < -0.3 is 5.32 Å². The molecule has 66 valence electrons. The molecule has 0 aliphatic carbocycles. The number of nitrogens with one attached hydrogen (secondary N) is 1. The lowest BCUT2D eigenvalue weighted by Crippen LogP contribution is -2.27. The van der Waals surface area contributed by atoms with Crippen LogP contribution in [0.3, 0.4) is 0 Å². The molecule has 1 fully saturated rings. The minimum atomic E-state index is 0.920. The van der Waals surface area contributed by atoms with Crippen molar-refractivity contribution in [3.63, 3.8) is 0 Å². The SMILES string of the molecule is C=CCC1CCNCC1.CC. The van der Waals surface area contributed by atoms with E-state index in [0.717, 1.165) is 5.92 Å². The highest BCUT2D eigenvalue weighted by Crippen LogP contribution is 2.15. The maximum Gasteiger partial charge on any atom is -0.00462 e. The molecule has 1 saturated heterocycles. The molecule has 0 aromatic heterocycles. The van der Waals surface area contributed by atoms with Gasteiger partial charge in [0.05, 0.1) is 0 Å². The van der Waals surface area contributed by atoms with Crippen molar-refractivity contribution >= 4 is 0 Å². The van der Waals surface area contributed by atoms with Crippen LogP contribution in [0.25, 0.3) is 0 Å². The van der Waals surface area contributed by atoms with Crippen molar-refractivity contribution in [2.75, 3.05) is 13.1 Å². The first-order valence-corrected chi connectivity index (χ1v) is 4.75. The normalized spacial score (nSPS) is 18.4. The standard InChI is InChI=1S/C8H15N.C2H6/c1-2-3-8-4-6-9-7-5-8;1-2/h2,8-9H,1,3-7H2;1-2H3. The van der Waals surface area contributed by atoms with Crippen LogP contribution in [0.15, 0.2) is 12.7 Å². The van der Waals surface area contributed by atoms with Crippen LogP contribution in [0, 0.1) is 5.92 Å². The molecule has 0 spiro atoms. The number of rotatable bonds is 2. The molecule has 0 bridgehead atoms. The summed E-state index contributed by atoms with van der Waals surface area (Å²) in [5.41, 5.74) is 0. The predicted molar refractivity (Wildman–Crippen MR) is 51.8 cm³/mol. The third-order valence-corrected chi connectivity index (χ3v) is 1.96. The van der Waals surface area contributed by atoms with Crippen molar-refractivity contribution in [2.45, 2.75) is 33.1 Å². The number of allylic oxidation sites excluding steroid dienone is 1. The molecular formula is C10H21N. The minimum absolute atomic E-state index is 0.920. The zero-order chi connectivity index (χ0) is 8.53. The molecule has 0 aromatic carbocycles. The molecule has 1 nitrogen and oxygen atoms in total. The summed E-state index contributed by atoms with van der Waals surface area (Å²) in [7, 11) is 0. The molecule has 1 aliphatic rings. The van der Waals surface area contributed by atoms with Gasteiger partial charge in [0.25, 0.3) is 0 Å². The van der Waals surface area contributed by atoms with Crippen LogP contribution in [0.2, 0.25) is 0 Å². The lowest BCUT2D eigenvalue weighted by atomic mass is 9.95. The summed E-state index contributed by atoms with van der Waals surface area (Å²) in [4.78, 5) is 0. The van der Waals surface area contributed by atoms with Gasteiger partial charge in [-0.15, -0.1) is 6.58 Å². The summed E-state index contributed by atoms with van der Waals surface area (Å²) in [5, 5.41) is 3.34. The van der Waals surface area contributed by atoms with Crippen molar-refractivity contribution in [1.82, 2.24) is 5.32 Å². The summed E-state index contributed by atoms with van der Waals surface area (Å²) < 4.78 is 0. The molecule has 11 heavy (non-hydrogen) atoms. The summed E-state index contributed by atoms with van der Waals surface area (Å²) >= 11 is 0. The summed E-state index contributed by atoms with van der Waals surface area (Å²) in [6, 6.07) is 0. The van der Waals surface area contributed by atoms with Gasteiger partial charge >= 0.3 is 0 Å². The van der Waals surface area contributed by atoms with E-state index in [4.69, 9.17) is 0 Å². The van der Waals surface area contributed by atoms with Gasteiger partial charge in [-0.25, -0.2) is 0 Å². The van der Waals surface area contributed by atoms with E-state index in [9.17, 15) is 0 Å². The Morgan fingerprint density at radius 2 is 1.91 bits per heavy atom. The second kappa shape index (κ2) is 7.80. The van der Waals surface area contributed by atoms with E-state index in [0.29, 0.717) is 0 Å². The smallest absolute Gasteiger partial charge is 0.00462 e. The van der Waals surface area contributed by atoms with Crippen LogP contribution in [0.5, 0.6) is 0 Å². The first-order chi connectivity index (χ1) is 5.43. The molecule has 0 atom stereocenters. The van der Waals surface area contributed by atoms with Gasteiger partial charge in [-0.2, -0.15) is 0 Å². The van der Waals surface area contributed by atoms with Crippen LogP contribution in [0.4, 0.5) is 0 Å². The average molecular weight is 155 g/mol. The third-order valence-electron chi connectivity index (χ3n) is 1.96. The topological polar surface area (TPSA) is 12.0 Å². The zero-order valence-corrected chi connectivity index (χ0v) is 7.90. The van der Waals surface area contributed by atoms with E-state index in [1.54, 1.807) is 0 Å². The van der Waals surface area contributed by atoms with Crippen molar-refractivity contribution in [2.24, 2.45) is 5.92 Å². The quantitative estimate of drug-likeness (QED) is 0.604. The van der Waals surface area contributed by atoms with Crippen molar-refractivity contribution in [3.8, 4) is 0 Å². The number of hydrogen-bond donors (Lipinski definition) is 1. The summed E-state index contributed by atoms with van der Waals surface area (Å²) in [6.07, 6.45) is 5.93. The van der Waals surface area contributed by atoms with Crippen molar-refractivity contribution in [1.29, 1.82) is 0 Å². The van der Waals surface area contributed by atoms with Gasteiger partial charge in [0.2, 0.25) is 0 Å². The molecule has 0 aromatic rings. The molecule has 0 saturated carbocycles. The lowest BCUT2D eigenvalue weighted by molar-refractivity contribution is 0.378. The van der Waals surface area contributed by atoms with Gasteiger partial charge in [-0.1, -0.05) is 19.9 Å². The van der Waals surface area contributed by atoms with E-state index in [1.807, 2.05) is 19.9 Å². The molecule has 1 heterocycles. The van der Waals surface area contributed by atoms with E-state index in [2.05, 4.69) is 11.9 Å². The molecule has 1 N–H and O–H groups in total. The number of piperidine rings is 1. The van der Waals surface area contributed by atoms with Crippen LogP contribution in [0.1, 0.15) is 33.1 Å². The molecule has 0 radical (unpaired) electrons. The number of hydrogen-bond acceptors (Lipinski definition) is 1. The van der Waals surface area contributed by atoms with Crippen LogP contribution in [-0.2, 0) is 0 Å². The maximum atomic E-state index is 3.73. The van der Waals surface area contributed by atoms with E-state index >= 15 is 0 Å². The summed E-state index contributed by atoms with van der Waals surface area (Å²) in [6.45, 7) is 10.1. The lowest BCUT2D eigenvalue weighted by Gasteiger charge is -2.20. The van der Waals surface area contributed by atoms with E-state index < -0.39 is 0 Å². The highest BCUT2D eigenvalue weighted by Gasteiger charge is 2.09. The van der Waals surface area contributed by atoms with Crippen LogP contribution in [-0.4, -0.2) is 13.1 Å². The Kier molecular flexibility index (Phi) is 7.59. The third kappa shape index (κ3) is 5.02. The van der Waals surface area contributed by atoms with Gasteiger partial charge in [0.15, 0.2) is 0 Å². The first-order valence-electron chi connectivity index (χ1n) is 4.75. The van der Waals surface area contributed by atoms with Crippen LogP contribution < -0.4 is 5.32 Å². The van der Waals surface area contributed by atoms with Crippen molar-refractivity contribution < 1.29 is 0 Å². The molecule has 1 heteroatoms. The fourth-order valence-corrected chi connectivity index (χ4v) is 1.35. The zero-order valence-electron chi connectivity index (χ0n) is 7.90. The van der Waals surface area contributed by atoms with Gasteiger partial charge in [0, 0.05) is 0 Å². The Hall–Kier alpha value is -0.300. The van der Waals surface area contributed by atoms with E-state index in [1.165, 1.54) is 32.4 Å². The Morgan fingerprint density at radius 1 is 1.36 bits per heavy atom. The summed E-state index contributed by atoms with van der Waals surface area (Å²) in [5.74, 6) is 0.920. The Balaban J connectivity index is 0.000000461. The van der Waals surface area contributed by atoms with E-state index in [-0.39, 0.29) is 0 Å². The van der Waals surface area contributed by atoms with Gasteiger partial charge in [-0.05, 0) is 38.3 Å². The largest absolute Gasteiger partial charge is 0.317 e. The Bertz CT molecular complexity index is 82.9. The fraction of sp³-hybridized carbons (Fsp3) is 0.800. The van der Waals surface area contributed by atoms with Gasteiger partial charge in [-0.3, -0.25) is 0 Å². The van der Waals surface area contributed by atoms with Crippen LogP contribution >= 0.6 is 0 Å². The maximum absolute atomic E-state index is 3.73. The minimum Gasteiger partial charge on any atom is -0.317 e. The predicted octanol–water partition coefficient (Wildman–Crippen LogP) is 2.59. The van der Waals surface area contributed by atoms with Gasteiger partial charge in [0.1, 0.15) is 0 Å². The molecular weight excluding hydrogens is 134 g/mol. The Morgan fingerprint density at radius 3 is 2.36 bits per heavy atom. The second-order valence-electron chi connectivity index (χ2n) is 2.72. The average Bonchev–Trinajstić information content (AvgIpc) is 2.11. The monoisotopic (exact) mass is 155 g/mol. The second-order valence-corrected chi connectivity index (χ2v) is 2.72. The first kappa shape index (κ1) is 10.7. The Labute approximate surface area is 70.9 Å². The molecule has 1 aliphatic heterocycles. The highest BCUT2D eigenvalue weighted by atomic mass is 14.9. The fourth-order valence-electron chi connectivity index (χ4n) is 1.35. The highest BCUT2D eigenvalue weighted by molar-refractivity contribution is 4.76. The molecule has 0 amide bonds. The van der Waals surface area contributed by atoms with Crippen molar-refractivity contribution in [3.05, 3.63) is 12.7 Å².